The summed E-state index contributed by atoms with van der Waals surface area (Å²) in [7, 11) is -0.512. The topological polar surface area (TPSA) is 93.7 Å². The Labute approximate surface area is 153 Å². The zero-order valence-corrected chi connectivity index (χ0v) is 15.7. The number of nitrogens with one attached hydrogen (secondary N) is 2. The normalized spacial score (nSPS) is 11.0. The fourth-order valence-corrected chi connectivity index (χ4v) is 3.41. The van der Waals surface area contributed by atoms with Gasteiger partial charge in [0, 0.05) is 25.2 Å². The molecule has 1 amide bonds. The number of hydrogen-bond donors (Lipinski definition) is 2. The Bertz CT molecular complexity index is 864. The molecule has 2 rings (SSSR count). The van der Waals surface area contributed by atoms with Crippen LogP contribution in [0.3, 0.4) is 0 Å². The Morgan fingerprint density at radius 2 is 1.73 bits per heavy atom. The van der Waals surface area contributed by atoms with Crippen molar-refractivity contribution in [2.45, 2.75) is 18.2 Å². The van der Waals surface area contributed by atoms with Crippen LogP contribution in [0.5, 0.6) is 11.5 Å². The number of rotatable bonds is 8. The summed E-state index contributed by atoms with van der Waals surface area (Å²) in [5, 5.41) is 2.59. The molecule has 0 bridgehead atoms. The molecule has 140 valence electrons. The van der Waals surface area contributed by atoms with Gasteiger partial charge in [0.1, 0.15) is 11.5 Å². The van der Waals surface area contributed by atoms with Crippen molar-refractivity contribution < 1.29 is 22.7 Å². The number of carbonyl (C=O) groups is 1. The summed E-state index contributed by atoms with van der Waals surface area (Å²) < 4.78 is 37.7. The first-order valence-corrected chi connectivity index (χ1v) is 9.42. The number of sulfonamides is 1. The lowest BCUT2D eigenvalue weighted by molar-refractivity contribution is -0.114. The second kappa shape index (κ2) is 8.68. The lowest BCUT2D eigenvalue weighted by atomic mass is 10.1. The lowest BCUT2D eigenvalue weighted by Gasteiger charge is -2.11. The van der Waals surface area contributed by atoms with E-state index in [4.69, 9.17) is 9.47 Å². The van der Waals surface area contributed by atoms with Crippen molar-refractivity contribution in [3.8, 4) is 11.5 Å². The Kier molecular flexibility index (Phi) is 6.59. The summed E-state index contributed by atoms with van der Waals surface area (Å²) >= 11 is 0. The maximum Gasteiger partial charge on any atom is 0.240 e. The van der Waals surface area contributed by atoms with E-state index in [0.29, 0.717) is 23.6 Å². The summed E-state index contributed by atoms with van der Waals surface area (Å²) in [4.78, 5) is 11.1. The van der Waals surface area contributed by atoms with Gasteiger partial charge in [-0.3, -0.25) is 4.79 Å². The van der Waals surface area contributed by atoms with Crippen molar-refractivity contribution in [1.29, 1.82) is 0 Å². The molecule has 0 atom stereocenters. The highest BCUT2D eigenvalue weighted by molar-refractivity contribution is 7.89. The van der Waals surface area contributed by atoms with E-state index in [0.717, 1.165) is 5.56 Å². The van der Waals surface area contributed by atoms with Gasteiger partial charge in [0.05, 0.1) is 19.1 Å². The van der Waals surface area contributed by atoms with Gasteiger partial charge < -0.3 is 14.8 Å². The quantitative estimate of drug-likeness (QED) is 0.734. The van der Waals surface area contributed by atoms with E-state index < -0.39 is 10.0 Å². The smallest absolute Gasteiger partial charge is 0.240 e. The van der Waals surface area contributed by atoms with E-state index in [1.165, 1.54) is 19.1 Å². The Balaban J connectivity index is 2.01. The highest BCUT2D eigenvalue weighted by atomic mass is 32.2. The first-order valence-electron chi connectivity index (χ1n) is 7.94. The molecular weight excluding hydrogens is 356 g/mol. The summed E-state index contributed by atoms with van der Waals surface area (Å²) in [6.45, 7) is 1.61. The van der Waals surface area contributed by atoms with E-state index in [2.05, 4.69) is 10.0 Å². The molecule has 26 heavy (non-hydrogen) atoms. The van der Waals surface area contributed by atoms with Gasteiger partial charge in [-0.1, -0.05) is 6.07 Å². The number of benzene rings is 2. The molecule has 2 aromatic carbocycles. The van der Waals surface area contributed by atoms with Crippen LogP contribution in [0, 0.1) is 0 Å². The van der Waals surface area contributed by atoms with E-state index >= 15 is 0 Å². The Morgan fingerprint density at radius 3 is 2.31 bits per heavy atom. The third kappa shape index (κ3) is 5.21. The molecule has 0 unspecified atom stereocenters. The van der Waals surface area contributed by atoms with Gasteiger partial charge in [0.2, 0.25) is 15.9 Å². The Hall–Kier alpha value is -2.58. The summed E-state index contributed by atoms with van der Waals surface area (Å²) in [6.07, 6.45) is 0.469. The van der Waals surface area contributed by atoms with Gasteiger partial charge in [-0.15, -0.1) is 0 Å². The molecule has 0 aliphatic heterocycles. The van der Waals surface area contributed by atoms with Gasteiger partial charge in [-0.25, -0.2) is 13.1 Å². The molecule has 0 heterocycles. The standard InChI is InChI=1S/C18H22N2O5S/c1-13(21)20-15-5-8-17(9-6-15)26(22,23)19-11-10-14-4-7-16(24-2)12-18(14)25-3/h4-9,12,19H,10-11H2,1-3H3,(H,20,21). The van der Waals surface area contributed by atoms with Crippen LogP contribution >= 0.6 is 0 Å². The van der Waals surface area contributed by atoms with Crippen LogP contribution < -0.4 is 19.5 Å². The molecule has 0 aliphatic rings. The molecule has 2 aromatic rings. The Morgan fingerprint density at radius 1 is 1.04 bits per heavy atom. The maximum absolute atomic E-state index is 12.4. The first kappa shape index (κ1) is 19.7. The zero-order chi connectivity index (χ0) is 19.2. The molecule has 0 spiro atoms. The number of ether oxygens (including phenoxy) is 2. The van der Waals surface area contributed by atoms with Crippen molar-refractivity contribution >= 4 is 21.6 Å². The monoisotopic (exact) mass is 378 g/mol. The highest BCUT2D eigenvalue weighted by Crippen LogP contribution is 2.24. The minimum Gasteiger partial charge on any atom is -0.497 e. The first-order chi connectivity index (χ1) is 12.4. The minimum absolute atomic E-state index is 0.133. The van der Waals surface area contributed by atoms with Gasteiger partial charge in [-0.05, 0) is 42.3 Å². The number of methoxy groups -OCH3 is 2. The van der Waals surface area contributed by atoms with Crippen LogP contribution in [0.2, 0.25) is 0 Å². The molecule has 0 saturated carbocycles. The van der Waals surface area contributed by atoms with Crippen molar-refractivity contribution in [3.63, 3.8) is 0 Å². The van der Waals surface area contributed by atoms with Crippen LogP contribution in [-0.2, 0) is 21.2 Å². The average molecular weight is 378 g/mol. The molecule has 2 N–H and O–H groups in total. The van der Waals surface area contributed by atoms with Gasteiger partial charge >= 0.3 is 0 Å². The number of amides is 1. The average Bonchev–Trinajstić information content (AvgIpc) is 2.61. The fourth-order valence-electron chi connectivity index (χ4n) is 2.38. The third-order valence-electron chi connectivity index (χ3n) is 3.67. The second-order valence-corrected chi connectivity index (χ2v) is 7.30. The van der Waals surface area contributed by atoms with Gasteiger partial charge in [-0.2, -0.15) is 0 Å². The molecule has 0 radical (unpaired) electrons. The van der Waals surface area contributed by atoms with Crippen LogP contribution in [0.25, 0.3) is 0 Å². The van der Waals surface area contributed by atoms with Crippen LogP contribution in [0.15, 0.2) is 47.4 Å². The predicted molar refractivity (Wildman–Crippen MR) is 99.2 cm³/mol. The summed E-state index contributed by atoms with van der Waals surface area (Å²) in [5.41, 5.74) is 1.41. The second-order valence-electron chi connectivity index (χ2n) is 5.53. The number of anilines is 1. The summed E-state index contributed by atoms with van der Waals surface area (Å²) in [5.74, 6) is 1.10. The molecule has 8 heteroatoms. The minimum atomic E-state index is -3.64. The molecule has 7 nitrogen and oxygen atoms in total. The fraction of sp³-hybridized carbons (Fsp3) is 0.278. The number of carbonyl (C=O) groups excluding carboxylic acids is 1. The van der Waals surface area contributed by atoms with Crippen LogP contribution in [0.4, 0.5) is 5.69 Å². The van der Waals surface area contributed by atoms with E-state index in [9.17, 15) is 13.2 Å². The van der Waals surface area contributed by atoms with E-state index in [1.807, 2.05) is 6.07 Å². The summed E-state index contributed by atoms with van der Waals surface area (Å²) in [6, 6.07) is 11.4. The maximum atomic E-state index is 12.4. The van der Waals surface area contributed by atoms with Crippen molar-refractivity contribution in [3.05, 3.63) is 48.0 Å². The zero-order valence-electron chi connectivity index (χ0n) is 14.9. The lowest BCUT2D eigenvalue weighted by Crippen LogP contribution is -2.26. The van der Waals surface area contributed by atoms with E-state index in [-0.39, 0.29) is 17.3 Å². The predicted octanol–water partition coefficient (Wildman–Crippen LogP) is 2.18. The third-order valence-corrected chi connectivity index (χ3v) is 5.14. The van der Waals surface area contributed by atoms with Crippen LogP contribution in [0.1, 0.15) is 12.5 Å². The SMILES string of the molecule is COc1ccc(CCNS(=O)(=O)c2ccc(NC(C)=O)cc2)c(OC)c1. The van der Waals surface area contributed by atoms with Crippen LogP contribution in [-0.4, -0.2) is 35.1 Å². The highest BCUT2D eigenvalue weighted by Gasteiger charge is 2.14. The molecule has 0 fully saturated rings. The van der Waals surface area contributed by atoms with Crippen molar-refractivity contribution in [2.24, 2.45) is 0 Å². The van der Waals surface area contributed by atoms with E-state index in [1.54, 1.807) is 38.5 Å². The van der Waals surface area contributed by atoms with Crippen molar-refractivity contribution in [2.75, 3.05) is 26.1 Å². The van der Waals surface area contributed by atoms with Crippen molar-refractivity contribution in [1.82, 2.24) is 4.72 Å². The van der Waals surface area contributed by atoms with Gasteiger partial charge in [0.15, 0.2) is 0 Å². The molecular formula is C18H22N2O5S. The number of hydrogen-bond acceptors (Lipinski definition) is 5. The largest absolute Gasteiger partial charge is 0.497 e. The molecule has 0 saturated heterocycles. The molecule has 0 aromatic heterocycles. The molecule has 0 aliphatic carbocycles. The van der Waals surface area contributed by atoms with Gasteiger partial charge in [0.25, 0.3) is 0 Å².